The first-order valence-corrected chi connectivity index (χ1v) is 10.4. The van der Waals surface area contributed by atoms with E-state index in [1.807, 2.05) is 48.5 Å². The third-order valence-corrected chi connectivity index (χ3v) is 7.10. The molecule has 10 heteroatoms. The summed E-state index contributed by atoms with van der Waals surface area (Å²) in [6.07, 6.45) is -11.9. The summed E-state index contributed by atoms with van der Waals surface area (Å²) >= 11 is 0. The average molecular weight is 473 g/mol. The minimum absolute atomic E-state index is 0.237. The van der Waals surface area contributed by atoms with Crippen molar-refractivity contribution in [2.75, 3.05) is 6.61 Å². The van der Waals surface area contributed by atoms with Gasteiger partial charge in [-0.25, -0.2) is 0 Å². The summed E-state index contributed by atoms with van der Waals surface area (Å²) in [6.45, 7) is -2.01. The number of para-hydroxylation sites is 2. The predicted molar refractivity (Wildman–Crippen MR) is 104 cm³/mol. The molecular formula is C22H15F6O3S+. The Morgan fingerprint density at radius 3 is 1.66 bits per heavy atom. The van der Waals surface area contributed by atoms with Crippen LogP contribution < -0.4 is 9.47 Å². The zero-order valence-electron chi connectivity index (χ0n) is 16.1. The maximum absolute atomic E-state index is 12.8. The minimum atomic E-state index is -5.94. The summed E-state index contributed by atoms with van der Waals surface area (Å²) in [5, 5.41) is 9.24. The lowest BCUT2D eigenvalue weighted by Gasteiger charge is -2.31. The number of benzene rings is 3. The number of halogens is 6. The van der Waals surface area contributed by atoms with E-state index in [9.17, 15) is 31.4 Å². The van der Waals surface area contributed by atoms with Crippen LogP contribution in [0, 0.1) is 0 Å². The van der Waals surface area contributed by atoms with Gasteiger partial charge in [-0.2, -0.15) is 26.3 Å². The van der Waals surface area contributed by atoms with Gasteiger partial charge < -0.3 is 14.6 Å². The number of hydrogen-bond donors (Lipinski definition) is 1. The Kier molecular flexibility index (Phi) is 5.54. The Labute approximate surface area is 181 Å². The molecule has 0 atom stereocenters. The van der Waals surface area contributed by atoms with Crippen LogP contribution in [0.5, 0.6) is 17.2 Å². The van der Waals surface area contributed by atoms with E-state index in [1.54, 1.807) is 12.1 Å². The second-order valence-electron chi connectivity index (χ2n) is 6.92. The molecule has 0 saturated heterocycles. The highest BCUT2D eigenvalue weighted by molar-refractivity contribution is 7.97. The van der Waals surface area contributed by atoms with Gasteiger partial charge in [0.15, 0.2) is 16.4 Å². The van der Waals surface area contributed by atoms with Crippen molar-refractivity contribution in [3.05, 3.63) is 72.8 Å². The number of rotatable bonds is 4. The highest BCUT2D eigenvalue weighted by Crippen LogP contribution is 2.47. The summed E-state index contributed by atoms with van der Waals surface area (Å²) in [6, 6.07) is 20.5. The van der Waals surface area contributed by atoms with Crippen molar-refractivity contribution in [3.63, 3.8) is 0 Å². The molecule has 1 N–H and O–H groups in total. The maximum atomic E-state index is 12.8. The molecule has 168 valence electrons. The fourth-order valence-corrected chi connectivity index (χ4v) is 5.29. The van der Waals surface area contributed by atoms with Crippen LogP contribution in [0.1, 0.15) is 0 Å². The van der Waals surface area contributed by atoms with Gasteiger partial charge in [0.2, 0.25) is 9.79 Å². The highest BCUT2D eigenvalue weighted by atomic mass is 32.2. The molecule has 1 aliphatic rings. The van der Waals surface area contributed by atoms with Crippen LogP contribution in [0.3, 0.4) is 0 Å². The molecule has 0 unspecified atom stereocenters. The normalized spacial score (nSPS) is 14.3. The molecule has 4 rings (SSSR count). The molecule has 3 aromatic carbocycles. The largest absolute Gasteiger partial charge is 0.490 e. The highest BCUT2D eigenvalue weighted by Gasteiger charge is 2.71. The maximum Gasteiger partial charge on any atom is 0.429 e. The fourth-order valence-electron chi connectivity index (χ4n) is 3.08. The molecule has 1 aliphatic heterocycles. The monoisotopic (exact) mass is 473 g/mol. The molecule has 0 radical (unpaired) electrons. The van der Waals surface area contributed by atoms with Crippen molar-refractivity contribution >= 4 is 10.9 Å². The van der Waals surface area contributed by atoms with Crippen molar-refractivity contribution in [2.24, 2.45) is 0 Å². The quantitative estimate of drug-likeness (QED) is 0.287. The SMILES string of the molecule is OC(COc1ccc([S+]2c3ccccc3Oc3ccccc32)cc1)(C(F)(F)F)C(F)(F)F. The van der Waals surface area contributed by atoms with Gasteiger partial charge in [0.25, 0.3) is 5.60 Å². The lowest BCUT2D eigenvalue weighted by atomic mass is 10.0. The molecule has 32 heavy (non-hydrogen) atoms. The molecule has 1 heterocycles. The topological polar surface area (TPSA) is 38.7 Å². The summed E-state index contributed by atoms with van der Waals surface area (Å²) in [7, 11) is -0.605. The summed E-state index contributed by atoms with van der Waals surface area (Å²) in [5.41, 5.74) is -4.97. The third-order valence-electron chi connectivity index (χ3n) is 4.80. The minimum Gasteiger partial charge on any atom is -0.490 e. The molecule has 3 nitrogen and oxygen atoms in total. The Balaban J connectivity index is 1.62. The molecule has 0 amide bonds. The number of fused-ring (bicyclic) bond motifs is 2. The second-order valence-corrected chi connectivity index (χ2v) is 8.88. The van der Waals surface area contributed by atoms with Gasteiger partial charge in [-0.15, -0.1) is 0 Å². The smallest absolute Gasteiger partial charge is 0.429 e. The lowest BCUT2D eigenvalue weighted by Crippen LogP contribution is -2.60. The van der Waals surface area contributed by atoms with E-state index in [1.165, 1.54) is 12.1 Å². The predicted octanol–water partition coefficient (Wildman–Crippen LogP) is 6.12. The third kappa shape index (κ3) is 3.88. The molecule has 0 aromatic heterocycles. The number of aliphatic hydroxyl groups is 1. The van der Waals surface area contributed by atoms with E-state index in [2.05, 4.69) is 0 Å². The molecule has 0 bridgehead atoms. The van der Waals surface area contributed by atoms with Crippen LogP contribution in [0.25, 0.3) is 0 Å². The van der Waals surface area contributed by atoms with Crippen LogP contribution in [0.4, 0.5) is 26.3 Å². The Morgan fingerprint density at radius 2 is 1.19 bits per heavy atom. The number of alkyl halides is 6. The Hall–Kier alpha value is -2.85. The number of hydrogen-bond acceptors (Lipinski definition) is 3. The van der Waals surface area contributed by atoms with E-state index in [-0.39, 0.29) is 5.75 Å². The van der Waals surface area contributed by atoms with E-state index in [0.29, 0.717) is 11.5 Å². The molecular weight excluding hydrogens is 458 g/mol. The number of ether oxygens (including phenoxy) is 2. The Morgan fingerprint density at radius 1 is 0.719 bits per heavy atom. The average Bonchev–Trinajstić information content (AvgIpc) is 2.74. The Bertz CT molecular complexity index is 1050. The van der Waals surface area contributed by atoms with Gasteiger partial charge in [-0.05, 0) is 48.5 Å². The summed E-state index contributed by atoms with van der Waals surface area (Å²) in [4.78, 5) is 2.55. The van der Waals surface area contributed by atoms with Crippen molar-refractivity contribution in [3.8, 4) is 17.2 Å². The molecule has 0 fully saturated rings. The first kappa shape index (κ1) is 22.3. The van der Waals surface area contributed by atoms with Crippen LogP contribution in [0.2, 0.25) is 0 Å². The first-order valence-electron chi connectivity index (χ1n) is 9.20. The van der Waals surface area contributed by atoms with E-state index < -0.39 is 35.5 Å². The van der Waals surface area contributed by atoms with Crippen molar-refractivity contribution in [1.82, 2.24) is 0 Å². The van der Waals surface area contributed by atoms with Crippen molar-refractivity contribution < 1.29 is 40.9 Å². The van der Waals surface area contributed by atoms with Crippen LogP contribution in [-0.4, -0.2) is 29.7 Å². The zero-order chi connectivity index (χ0) is 23.1. The van der Waals surface area contributed by atoms with Gasteiger partial charge in [-0.1, -0.05) is 24.3 Å². The van der Waals surface area contributed by atoms with Gasteiger partial charge in [0, 0.05) is 0 Å². The van der Waals surface area contributed by atoms with Crippen LogP contribution in [0.15, 0.2) is 87.5 Å². The summed E-state index contributed by atoms with van der Waals surface area (Å²) < 4.78 is 87.6. The van der Waals surface area contributed by atoms with Gasteiger partial charge in [-0.3, -0.25) is 0 Å². The molecule has 0 spiro atoms. The van der Waals surface area contributed by atoms with E-state index >= 15 is 0 Å². The lowest BCUT2D eigenvalue weighted by molar-refractivity contribution is -0.373. The standard InChI is InChI=1S/C22H15F6O3S/c23-21(24,25)20(29,22(26,27)28)13-30-14-9-11-15(12-10-14)32-18-7-3-1-5-16(18)31-17-6-2-4-8-19(17)32/h1-12,29H,13H2/q+1. The van der Waals surface area contributed by atoms with Crippen LogP contribution >= 0.6 is 0 Å². The van der Waals surface area contributed by atoms with Gasteiger partial charge in [0.1, 0.15) is 23.3 Å². The molecule has 3 aromatic rings. The molecule has 0 aliphatic carbocycles. The molecule has 0 saturated carbocycles. The zero-order valence-corrected chi connectivity index (χ0v) is 16.9. The van der Waals surface area contributed by atoms with Crippen LogP contribution in [-0.2, 0) is 10.9 Å². The second kappa shape index (κ2) is 7.93. The van der Waals surface area contributed by atoms with Gasteiger partial charge >= 0.3 is 12.4 Å². The van der Waals surface area contributed by atoms with Crippen molar-refractivity contribution in [2.45, 2.75) is 32.6 Å². The van der Waals surface area contributed by atoms with E-state index in [0.717, 1.165) is 14.7 Å². The van der Waals surface area contributed by atoms with Crippen molar-refractivity contribution in [1.29, 1.82) is 0 Å². The van der Waals surface area contributed by atoms with Gasteiger partial charge in [0.05, 0.1) is 0 Å². The summed E-state index contributed by atoms with van der Waals surface area (Å²) in [5.74, 6) is 1.09. The van der Waals surface area contributed by atoms with E-state index in [4.69, 9.17) is 9.47 Å². The fraction of sp³-hybridized carbons (Fsp3) is 0.182. The first-order chi connectivity index (χ1) is 15.0.